The quantitative estimate of drug-likeness (QED) is 0.195. The minimum Gasteiger partial charge on any atom is -0.481 e. The van der Waals surface area contributed by atoms with Crippen LogP contribution >= 0.6 is 0 Å². The van der Waals surface area contributed by atoms with E-state index in [1.54, 1.807) is 0 Å². The number of nitrogens with zero attached hydrogens (tertiary/aromatic N) is 1. The molecular weight excluding hydrogens is 398 g/mol. The summed E-state index contributed by atoms with van der Waals surface area (Å²) in [6.07, 6.45) is 12.2. The summed E-state index contributed by atoms with van der Waals surface area (Å²) in [4.78, 5) is 21.2. The van der Waals surface area contributed by atoms with Gasteiger partial charge in [-0.05, 0) is 32.6 Å². The summed E-state index contributed by atoms with van der Waals surface area (Å²) in [6, 6.07) is 0. The van der Waals surface area contributed by atoms with Gasteiger partial charge in [0.2, 0.25) is 0 Å². The van der Waals surface area contributed by atoms with Crippen molar-refractivity contribution < 1.29 is 33.8 Å². The third-order valence-corrected chi connectivity index (χ3v) is 7.44. The van der Waals surface area contributed by atoms with Crippen molar-refractivity contribution in [2.24, 2.45) is 0 Å². The first-order valence-corrected chi connectivity index (χ1v) is 12.2. The molecule has 2 fully saturated rings. The van der Waals surface area contributed by atoms with Crippen molar-refractivity contribution in [2.45, 2.75) is 114 Å². The van der Waals surface area contributed by atoms with Crippen LogP contribution in [0.4, 0.5) is 0 Å². The van der Waals surface area contributed by atoms with Crippen LogP contribution in [0.1, 0.15) is 96.8 Å². The molecule has 2 atom stereocenters. The summed E-state index contributed by atoms with van der Waals surface area (Å²) >= 11 is 0. The molecule has 2 aliphatic rings. The molecule has 0 radical (unpaired) electrons. The highest BCUT2D eigenvalue weighted by Gasteiger charge is 2.68. The second kappa shape index (κ2) is 11.6. The monoisotopic (exact) mass is 442 g/mol. The number of carbonyl (C=O) groups is 2. The van der Waals surface area contributed by atoms with Gasteiger partial charge < -0.3 is 24.2 Å². The van der Waals surface area contributed by atoms with Crippen LogP contribution in [-0.2, 0) is 19.1 Å². The van der Waals surface area contributed by atoms with E-state index in [9.17, 15) is 9.59 Å². The summed E-state index contributed by atoms with van der Waals surface area (Å²) in [5.74, 6) is -1.91. The maximum absolute atomic E-state index is 10.6. The van der Waals surface area contributed by atoms with E-state index in [1.807, 2.05) is 0 Å². The molecule has 2 rings (SSSR count). The Balaban J connectivity index is 1.75. The average Bonchev–Trinajstić information content (AvgIpc) is 3.01. The van der Waals surface area contributed by atoms with E-state index in [0.29, 0.717) is 6.61 Å². The van der Waals surface area contributed by atoms with E-state index >= 15 is 0 Å². The lowest BCUT2D eigenvalue weighted by atomic mass is 9.98. The van der Waals surface area contributed by atoms with Gasteiger partial charge in [-0.2, -0.15) is 0 Å². The van der Waals surface area contributed by atoms with Crippen LogP contribution in [0.25, 0.3) is 0 Å². The summed E-state index contributed by atoms with van der Waals surface area (Å²) < 4.78 is 14.0. The molecular formula is C24H44NO6+. The SMILES string of the molecule is CC1(C2COC(CCCCCCCC(=O)O)(CCCCCCCC(=O)O)O2)C[N+]1(C)C. The van der Waals surface area contributed by atoms with Crippen LogP contribution in [0.15, 0.2) is 0 Å². The first kappa shape index (κ1) is 26.1. The molecule has 2 aliphatic heterocycles. The van der Waals surface area contributed by atoms with E-state index in [1.165, 1.54) is 0 Å². The van der Waals surface area contributed by atoms with Gasteiger partial charge in [0.05, 0.1) is 20.7 Å². The van der Waals surface area contributed by atoms with Crippen LogP contribution in [0.5, 0.6) is 0 Å². The van der Waals surface area contributed by atoms with Crippen molar-refractivity contribution in [3.8, 4) is 0 Å². The number of unbranched alkanes of at least 4 members (excludes halogenated alkanes) is 8. The maximum atomic E-state index is 10.6. The highest BCUT2D eigenvalue weighted by Crippen LogP contribution is 2.48. The molecule has 0 saturated carbocycles. The van der Waals surface area contributed by atoms with Gasteiger partial charge in [-0.25, -0.2) is 0 Å². The van der Waals surface area contributed by atoms with Crippen LogP contribution in [0.2, 0.25) is 0 Å². The van der Waals surface area contributed by atoms with E-state index in [-0.39, 0.29) is 24.5 Å². The van der Waals surface area contributed by atoms with E-state index < -0.39 is 17.7 Å². The molecule has 2 N–H and O–H groups in total. The summed E-state index contributed by atoms with van der Waals surface area (Å²) in [6.45, 7) is 4.07. The molecule has 0 spiro atoms. The molecule has 2 saturated heterocycles. The van der Waals surface area contributed by atoms with Gasteiger partial charge in [-0.15, -0.1) is 0 Å². The predicted octanol–water partition coefficient (Wildman–Crippen LogP) is 4.58. The van der Waals surface area contributed by atoms with Crippen molar-refractivity contribution in [2.75, 3.05) is 27.2 Å². The Hall–Kier alpha value is -1.18. The number of hydrogen-bond acceptors (Lipinski definition) is 4. The smallest absolute Gasteiger partial charge is 0.303 e. The van der Waals surface area contributed by atoms with Gasteiger partial charge >= 0.3 is 11.9 Å². The number of likely N-dealkylation sites (N-methyl/N-ethyl adjacent to an activating group) is 1. The standard InChI is InChI=1S/C24H43NO6/c1-23(19-25(23,2)3)20-18-30-24(31-20,16-12-8-4-6-10-14-21(26)27)17-13-9-5-7-11-15-22(28)29/h20H,4-19H2,1-3H3,(H-,26,27,28,29)/p+1. The summed E-state index contributed by atoms with van der Waals surface area (Å²) in [5.41, 5.74) is 0.134. The van der Waals surface area contributed by atoms with E-state index in [0.717, 1.165) is 88.1 Å². The molecule has 7 heteroatoms. The first-order valence-electron chi connectivity index (χ1n) is 12.2. The van der Waals surface area contributed by atoms with Crippen molar-refractivity contribution in [1.29, 1.82) is 0 Å². The molecule has 0 amide bonds. The molecule has 2 heterocycles. The molecule has 0 aromatic heterocycles. The fourth-order valence-corrected chi connectivity index (χ4v) is 4.91. The van der Waals surface area contributed by atoms with E-state index in [2.05, 4.69) is 21.0 Å². The minimum atomic E-state index is -0.712. The maximum Gasteiger partial charge on any atom is 0.303 e. The van der Waals surface area contributed by atoms with E-state index in [4.69, 9.17) is 19.7 Å². The lowest BCUT2D eigenvalue weighted by Gasteiger charge is -2.29. The zero-order valence-electron chi connectivity index (χ0n) is 19.9. The molecule has 7 nitrogen and oxygen atoms in total. The Morgan fingerprint density at radius 3 is 1.68 bits per heavy atom. The van der Waals surface area contributed by atoms with Crippen molar-refractivity contribution >= 4 is 11.9 Å². The number of rotatable bonds is 17. The molecule has 0 bridgehead atoms. The number of quaternary nitrogens is 1. The number of carboxylic acid groups (broad SMARTS) is 2. The lowest BCUT2D eigenvalue weighted by molar-refractivity contribution is -0.788. The molecule has 0 aromatic carbocycles. The lowest BCUT2D eigenvalue weighted by Crippen LogP contribution is -2.40. The van der Waals surface area contributed by atoms with Crippen LogP contribution in [0.3, 0.4) is 0 Å². The Kier molecular flexibility index (Phi) is 9.77. The molecule has 31 heavy (non-hydrogen) atoms. The predicted molar refractivity (Wildman–Crippen MR) is 119 cm³/mol. The number of carboxylic acids is 2. The second-order valence-corrected chi connectivity index (χ2v) is 10.4. The zero-order valence-corrected chi connectivity index (χ0v) is 19.9. The normalized spacial score (nSPS) is 26.1. The average molecular weight is 443 g/mol. The minimum absolute atomic E-state index is 0.133. The highest BCUT2D eigenvalue weighted by molar-refractivity contribution is 5.66. The third kappa shape index (κ3) is 8.03. The van der Waals surface area contributed by atoms with Crippen molar-refractivity contribution in [1.82, 2.24) is 0 Å². The van der Waals surface area contributed by atoms with Crippen LogP contribution < -0.4 is 0 Å². The van der Waals surface area contributed by atoms with Gasteiger partial charge in [-0.1, -0.05) is 38.5 Å². The van der Waals surface area contributed by atoms with Crippen molar-refractivity contribution in [3.63, 3.8) is 0 Å². The van der Waals surface area contributed by atoms with Crippen LogP contribution in [0, 0.1) is 0 Å². The second-order valence-electron chi connectivity index (χ2n) is 10.4. The van der Waals surface area contributed by atoms with Gasteiger partial charge in [0, 0.05) is 25.7 Å². The number of aliphatic carboxylic acids is 2. The van der Waals surface area contributed by atoms with Crippen molar-refractivity contribution in [3.05, 3.63) is 0 Å². The van der Waals surface area contributed by atoms with Gasteiger partial charge in [0.1, 0.15) is 12.6 Å². The Morgan fingerprint density at radius 2 is 1.26 bits per heavy atom. The Bertz CT molecular complexity index is 565. The number of hydrogen-bond donors (Lipinski definition) is 2. The largest absolute Gasteiger partial charge is 0.481 e. The molecule has 0 aliphatic carbocycles. The topological polar surface area (TPSA) is 93.1 Å². The fraction of sp³-hybridized carbons (Fsp3) is 0.917. The summed E-state index contributed by atoms with van der Waals surface area (Å²) in [5, 5.41) is 17.5. The van der Waals surface area contributed by atoms with Gasteiger partial charge in [0.25, 0.3) is 0 Å². The Labute approximate surface area is 187 Å². The first-order chi connectivity index (χ1) is 14.6. The van der Waals surface area contributed by atoms with Crippen LogP contribution in [-0.4, -0.2) is 71.3 Å². The summed E-state index contributed by atoms with van der Waals surface area (Å²) in [7, 11) is 4.50. The Morgan fingerprint density at radius 1 is 0.839 bits per heavy atom. The molecule has 180 valence electrons. The van der Waals surface area contributed by atoms with Gasteiger partial charge in [0.15, 0.2) is 11.3 Å². The fourth-order valence-electron chi connectivity index (χ4n) is 4.91. The third-order valence-electron chi connectivity index (χ3n) is 7.44. The molecule has 0 aromatic rings. The highest BCUT2D eigenvalue weighted by atomic mass is 16.7. The number of ether oxygens (including phenoxy) is 2. The zero-order chi connectivity index (χ0) is 23.0. The molecule has 2 unspecified atom stereocenters. The van der Waals surface area contributed by atoms with Gasteiger partial charge in [-0.3, -0.25) is 9.59 Å².